The molecule has 1 fully saturated rings. The van der Waals surface area contributed by atoms with E-state index in [4.69, 9.17) is 14.2 Å². The monoisotopic (exact) mass is 478 g/mol. The van der Waals surface area contributed by atoms with Crippen molar-refractivity contribution in [3.8, 4) is 22.9 Å². The van der Waals surface area contributed by atoms with E-state index >= 15 is 0 Å². The number of benzene rings is 3. The molecule has 3 aromatic rings. The lowest BCUT2D eigenvalue weighted by molar-refractivity contribution is -0.0331. The SMILES string of the molecule is COc1ccc(C#N)cc1C1=CC2COCC(C1)N2C(=O)OCC1c2ccccc2-c2ccccc21. The summed E-state index contributed by atoms with van der Waals surface area (Å²) in [5.74, 6) is 0.736. The summed E-state index contributed by atoms with van der Waals surface area (Å²) in [7, 11) is 1.63. The molecule has 0 aromatic heterocycles. The Bertz CT molecular complexity index is 1360. The third-order valence-electron chi connectivity index (χ3n) is 7.42. The van der Waals surface area contributed by atoms with E-state index in [2.05, 4.69) is 36.4 Å². The average Bonchev–Trinajstić information content (AvgIpc) is 3.24. The molecular weight excluding hydrogens is 452 g/mol. The Morgan fingerprint density at radius 3 is 2.42 bits per heavy atom. The number of rotatable bonds is 4. The molecule has 2 heterocycles. The van der Waals surface area contributed by atoms with Gasteiger partial charge in [0.15, 0.2) is 0 Å². The summed E-state index contributed by atoms with van der Waals surface area (Å²) in [6.45, 7) is 1.14. The van der Waals surface area contributed by atoms with Crippen LogP contribution in [0.15, 0.2) is 72.8 Å². The van der Waals surface area contributed by atoms with Gasteiger partial charge in [-0.05, 0) is 52.4 Å². The molecule has 3 aromatic carbocycles. The molecule has 2 bridgehead atoms. The largest absolute Gasteiger partial charge is 0.496 e. The fourth-order valence-electron chi connectivity index (χ4n) is 5.78. The van der Waals surface area contributed by atoms with Crippen LogP contribution in [0.1, 0.15) is 34.6 Å². The molecule has 36 heavy (non-hydrogen) atoms. The molecule has 180 valence electrons. The molecule has 1 saturated heterocycles. The van der Waals surface area contributed by atoms with E-state index in [1.54, 1.807) is 13.2 Å². The zero-order chi connectivity index (χ0) is 24.6. The first-order chi connectivity index (χ1) is 17.7. The number of methoxy groups -OCH3 is 1. The third-order valence-corrected chi connectivity index (χ3v) is 7.42. The van der Waals surface area contributed by atoms with Gasteiger partial charge in [-0.3, -0.25) is 4.90 Å². The molecule has 0 spiro atoms. The number of morpholine rings is 1. The molecule has 2 aliphatic heterocycles. The van der Waals surface area contributed by atoms with Gasteiger partial charge in [0.2, 0.25) is 0 Å². The van der Waals surface area contributed by atoms with Gasteiger partial charge in [-0.25, -0.2) is 4.79 Å². The lowest BCUT2D eigenvalue weighted by atomic mass is 9.89. The third kappa shape index (κ3) is 3.73. The highest BCUT2D eigenvalue weighted by molar-refractivity contribution is 5.80. The van der Waals surface area contributed by atoms with Crippen LogP contribution >= 0.6 is 0 Å². The molecule has 0 N–H and O–H groups in total. The molecule has 0 radical (unpaired) electrons. The minimum atomic E-state index is -0.316. The van der Waals surface area contributed by atoms with Crippen LogP contribution in [0.5, 0.6) is 5.75 Å². The van der Waals surface area contributed by atoms with Crippen LogP contribution in [0.2, 0.25) is 0 Å². The highest BCUT2D eigenvalue weighted by Gasteiger charge is 2.40. The van der Waals surface area contributed by atoms with Crippen molar-refractivity contribution in [1.82, 2.24) is 4.90 Å². The first kappa shape index (κ1) is 22.4. The van der Waals surface area contributed by atoms with E-state index < -0.39 is 0 Å². The normalized spacial score (nSPS) is 20.1. The summed E-state index contributed by atoms with van der Waals surface area (Å²) in [4.78, 5) is 15.2. The number of carbonyl (C=O) groups is 1. The summed E-state index contributed by atoms with van der Waals surface area (Å²) in [6.07, 6.45) is 2.34. The Hall–Kier alpha value is -4.08. The second-order valence-corrected chi connectivity index (χ2v) is 9.39. The second-order valence-electron chi connectivity index (χ2n) is 9.39. The van der Waals surface area contributed by atoms with Crippen LogP contribution in [-0.4, -0.2) is 50.0 Å². The predicted octanol–water partition coefficient (Wildman–Crippen LogP) is 5.37. The fourth-order valence-corrected chi connectivity index (χ4v) is 5.78. The summed E-state index contributed by atoms with van der Waals surface area (Å²) in [5.41, 5.74) is 7.33. The summed E-state index contributed by atoms with van der Waals surface area (Å²) < 4.78 is 17.3. The Kier molecular flexibility index (Phi) is 5.71. The van der Waals surface area contributed by atoms with E-state index in [0.717, 1.165) is 11.1 Å². The molecule has 2 atom stereocenters. The second kappa shape index (κ2) is 9.18. The maximum absolute atomic E-state index is 13.4. The van der Waals surface area contributed by atoms with E-state index in [9.17, 15) is 10.1 Å². The summed E-state index contributed by atoms with van der Waals surface area (Å²) >= 11 is 0. The molecule has 1 amide bonds. The van der Waals surface area contributed by atoms with Crippen LogP contribution in [0.25, 0.3) is 16.7 Å². The van der Waals surface area contributed by atoms with Gasteiger partial charge in [0.1, 0.15) is 12.4 Å². The van der Waals surface area contributed by atoms with Crippen LogP contribution in [-0.2, 0) is 9.47 Å². The Morgan fingerprint density at radius 1 is 1.03 bits per heavy atom. The number of amides is 1. The molecule has 2 unspecified atom stereocenters. The van der Waals surface area contributed by atoms with E-state index in [1.807, 2.05) is 41.3 Å². The number of hydrogen-bond acceptors (Lipinski definition) is 5. The number of hydrogen-bond donors (Lipinski definition) is 0. The van der Waals surface area contributed by atoms with Crippen LogP contribution in [0, 0.1) is 11.3 Å². The number of nitriles is 1. The molecule has 6 heteroatoms. The maximum atomic E-state index is 13.4. The lowest BCUT2D eigenvalue weighted by Crippen LogP contribution is -2.56. The van der Waals surface area contributed by atoms with Crippen molar-refractivity contribution in [1.29, 1.82) is 5.26 Å². The molecule has 6 nitrogen and oxygen atoms in total. The zero-order valence-electron chi connectivity index (χ0n) is 20.0. The van der Waals surface area contributed by atoms with Gasteiger partial charge in [0, 0.05) is 11.5 Å². The molecule has 3 aliphatic rings. The first-order valence-electron chi connectivity index (χ1n) is 12.2. The van der Waals surface area contributed by atoms with Crippen molar-refractivity contribution in [2.75, 3.05) is 26.9 Å². The highest BCUT2D eigenvalue weighted by atomic mass is 16.6. The zero-order valence-corrected chi connectivity index (χ0v) is 20.0. The number of carbonyl (C=O) groups excluding carboxylic acids is 1. The van der Waals surface area contributed by atoms with Crippen LogP contribution < -0.4 is 4.74 Å². The minimum Gasteiger partial charge on any atom is -0.496 e. The van der Waals surface area contributed by atoms with Crippen molar-refractivity contribution >= 4 is 11.7 Å². The Morgan fingerprint density at radius 2 is 1.75 bits per heavy atom. The Balaban J connectivity index is 1.24. The Labute approximate surface area is 210 Å². The van der Waals surface area contributed by atoms with E-state index in [-0.39, 0.29) is 30.7 Å². The molecular formula is C30H26N2O4. The molecule has 0 saturated carbocycles. The quantitative estimate of drug-likeness (QED) is 0.504. The van der Waals surface area contributed by atoms with Crippen molar-refractivity contribution in [2.45, 2.75) is 24.4 Å². The van der Waals surface area contributed by atoms with Gasteiger partial charge in [-0.2, -0.15) is 5.26 Å². The van der Waals surface area contributed by atoms with E-state index in [1.165, 1.54) is 22.3 Å². The van der Waals surface area contributed by atoms with Gasteiger partial charge >= 0.3 is 6.09 Å². The minimum absolute atomic E-state index is 0.0197. The van der Waals surface area contributed by atoms with Crippen molar-refractivity contribution in [3.05, 3.63) is 95.1 Å². The van der Waals surface area contributed by atoms with Gasteiger partial charge in [-0.15, -0.1) is 0 Å². The van der Waals surface area contributed by atoms with Gasteiger partial charge < -0.3 is 14.2 Å². The maximum Gasteiger partial charge on any atom is 0.410 e. The van der Waals surface area contributed by atoms with Gasteiger partial charge in [0.25, 0.3) is 0 Å². The van der Waals surface area contributed by atoms with Crippen LogP contribution in [0.4, 0.5) is 4.79 Å². The van der Waals surface area contributed by atoms with Gasteiger partial charge in [0.05, 0.1) is 44.0 Å². The molecule has 1 aliphatic carbocycles. The smallest absolute Gasteiger partial charge is 0.410 e. The standard InChI is InChI=1S/C30H26N2O4/c1-34-29-11-10-19(15-31)12-27(29)20-13-21-16-35-17-22(14-20)32(21)30(33)36-18-28-25-8-4-2-6-23(25)24-7-3-5-9-26(24)28/h2-13,21-22,28H,14,16-18H2,1H3. The first-order valence-corrected chi connectivity index (χ1v) is 12.2. The molecule has 6 rings (SSSR count). The van der Waals surface area contributed by atoms with Crippen molar-refractivity contribution in [3.63, 3.8) is 0 Å². The van der Waals surface area contributed by atoms with Crippen LogP contribution in [0.3, 0.4) is 0 Å². The summed E-state index contributed by atoms with van der Waals surface area (Å²) in [5, 5.41) is 9.37. The highest BCUT2D eigenvalue weighted by Crippen LogP contribution is 2.45. The number of nitrogens with zero attached hydrogens (tertiary/aromatic N) is 2. The van der Waals surface area contributed by atoms with Crippen molar-refractivity contribution < 1.29 is 19.0 Å². The van der Waals surface area contributed by atoms with Crippen molar-refractivity contribution in [2.24, 2.45) is 0 Å². The number of ether oxygens (including phenoxy) is 3. The summed E-state index contributed by atoms with van der Waals surface area (Å²) in [6, 6.07) is 23.9. The fraction of sp³-hybridized carbons (Fsp3) is 0.267. The van der Waals surface area contributed by atoms with Gasteiger partial charge in [-0.1, -0.05) is 54.6 Å². The predicted molar refractivity (Wildman–Crippen MR) is 136 cm³/mol. The number of fused-ring (bicyclic) bond motifs is 5. The van der Waals surface area contributed by atoms with E-state index in [0.29, 0.717) is 30.9 Å². The lowest BCUT2D eigenvalue weighted by Gasteiger charge is -2.44. The topological polar surface area (TPSA) is 71.8 Å². The average molecular weight is 479 g/mol.